The molecule has 1 unspecified atom stereocenters. The van der Waals surface area contributed by atoms with E-state index in [1.165, 1.54) is 0 Å². The fourth-order valence-electron chi connectivity index (χ4n) is 2.50. The van der Waals surface area contributed by atoms with E-state index < -0.39 is 23.3 Å². The molecule has 2 aliphatic heterocycles. The molecule has 96 valence electrons. The zero-order valence-electron chi connectivity index (χ0n) is 9.69. The van der Waals surface area contributed by atoms with E-state index in [9.17, 15) is 19.2 Å². The number of amides is 5. The van der Waals surface area contributed by atoms with Crippen LogP contribution >= 0.6 is 0 Å². The molecule has 7 heteroatoms. The molecule has 18 heavy (non-hydrogen) atoms. The lowest BCUT2D eigenvalue weighted by Crippen LogP contribution is -2.61. The highest BCUT2D eigenvalue weighted by Gasteiger charge is 2.62. The molecule has 2 heterocycles. The second-order valence-electron chi connectivity index (χ2n) is 5.06. The number of nitrogens with zero attached hydrogens (tertiary/aromatic N) is 1. The molecule has 1 aliphatic carbocycles. The lowest BCUT2D eigenvalue weighted by atomic mass is 10.0. The van der Waals surface area contributed by atoms with Crippen molar-refractivity contribution in [3.05, 3.63) is 0 Å². The molecule has 3 fully saturated rings. The number of imide groups is 2. The van der Waals surface area contributed by atoms with Crippen LogP contribution in [0.25, 0.3) is 0 Å². The molecule has 2 saturated heterocycles. The third-order valence-electron chi connectivity index (χ3n) is 3.79. The van der Waals surface area contributed by atoms with Crippen LogP contribution in [-0.2, 0) is 14.4 Å². The zero-order valence-corrected chi connectivity index (χ0v) is 9.69. The average Bonchev–Trinajstić information content (AvgIpc) is 3.02. The van der Waals surface area contributed by atoms with Gasteiger partial charge in [-0.05, 0) is 19.3 Å². The van der Waals surface area contributed by atoms with Gasteiger partial charge in [-0.15, -0.1) is 0 Å². The second-order valence-corrected chi connectivity index (χ2v) is 5.06. The van der Waals surface area contributed by atoms with Gasteiger partial charge in [0.05, 0.1) is 6.54 Å². The average molecular weight is 251 g/mol. The third kappa shape index (κ3) is 1.50. The van der Waals surface area contributed by atoms with Crippen molar-refractivity contribution in [3.63, 3.8) is 0 Å². The summed E-state index contributed by atoms with van der Waals surface area (Å²) in [5.41, 5.74) is -1.00. The van der Waals surface area contributed by atoms with Gasteiger partial charge < -0.3 is 5.32 Å². The summed E-state index contributed by atoms with van der Waals surface area (Å²) in [6, 6.07) is -0.875. The Morgan fingerprint density at radius 2 is 1.94 bits per heavy atom. The lowest BCUT2D eigenvalue weighted by molar-refractivity contribution is -0.145. The Morgan fingerprint density at radius 3 is 2.50 bits per heavy atom. The maximum atomic E-state index is 12.1. The van der Waals surface area contributed by atoms with E-state index in [0.29, 0.717) is 25.7 Å². The summed E-state index contributed by atoms with van der Waals surface area (Å²) in [4.78, 5) is 47.5. The minimum atomic E-state index is -1.00. The molecular formula is C11H13N3O4. The number of carbonyl (C=O) groups excluding carboxylic acids is 4. The van der Waals surface area contributed by atoms with Crippen LogP contribution in [-0.4, -0.2) is 41.2 Å². The molecule has 1 spiro atoms. The van der Waals surface area contributed by atoms with Gasteiger partial charge in [0.1, 0.15) is 5.41 Å². The SMILES string of the molecule is O=C1CCC(CN2C(=O)NC(=O)C3(CC3)C2=O)N1. The number of hydrogen-bond donors (Lipinski definition) is 2. The lowest BCUT2D eigenvalue weighted by Gasteiger charge is -2.31. The summed E-state index contributed by atoms with van der Waals surface area (Å²) >= 11 is 0. The van der Waals surface area contributed by atoms with Gasteiger partial charge in [0.25, 0.3) is 0 Å². The van der Waals surface area contributed by atoms with Crippen molar-refractivity contribution in [2.24, 2.45) is 5.41 Å². The van der Waals surface area contributed by atoms with Crippen LogP contribution in [0, 0.1) is 5.41 Å². The second kappa shape index (κ2) is 3.54. The van der Waals surface area contributed by atoms with E-state index >= 15 is 0 Å². The fraction of sp³-hybridized carbons (Fsp3) is 0.636. The van der Waals surface area contributed by atoms with Gasteiger partial charge in [-0.2, -0.15) is 0 Å². The quantitative estimate of drug-likeness (QED) is 0.623. The van der Waals surface area contributed by atoms with Crippen LogP contribution in [0.1, 0.15) is 25.7 Å². The molecule has 2 N–H and O–H groups in total. The van der Waals surface area contributed by atoms with Crippen LogP contribution in [0.4, 0.5) is 4.79 Å². The first-order valence-corrected chi connectivity index (χ1v) is 6.00. The van der Waals surface area contributed by atoms with E-state index in [0.717, 1.165) is 4.90 Å². The summed E-state index contributed by atoms with van der Waals surface area (Å²) in [6.45, 7) is 0.144. The Bertz CT molecular complexity index is 469. The standard InChI is InChI=1S/C11H13N3O4/c15-7-2-1-6(12-7)5-14-9(17)11(3-4-11)8(16)13-10(14)18/h6H,1-5H2,(H,12,15)(H,13,16,18). The largest absolute Gasteiger partial charge is 0.352 e. The van der Waals surface area contributed by atoms with E-state index in [-0.39, 0.29) is 18.5 Å². The molecule has 1 atom stereocenters. The molecule has 0 bridgehead atoms. The van der Waals surface area contributed by atoms with Gasteiger partial charge in [-0.3, -0.25) is 24.6 Å². The minimum absolute atomic E-state index is 0.0675. The summed E-state index contributed by atoms with van der Waals surface area (Å²) < 4.78 is 0. The first-order valence-electron chi connectivity index (χ1n) is 6.00. The molecule has 1 saturated carbocycles. The van der Waals surface area contributed by atoms with E-state index in [4.69, 9.17) is 0 Å². The van der Waals surface area contributed by atoms with E-state index in [2.05, 4.69) is 10.6 Å². The Labute approximate surface area is 103 Å². The van der Waals surface area contributed by atoms with Gasteiger partial charge in [0, 0.05) is 12.5 Å². The van der Waals surface area contributed by atoms with Gasteiger partial charge in [-0.25, -0.2) is 4.79 Å². The number of carbonyl (C=O) groups is 4. The van der Waals surface area contributed by atoms with Crippen LogP contribution in [0.2, 0.25) is 0 Å². The highest BCUT2D eigenvalue weighted by atomic mass is 16.2. The Balaban J connectivity index is 1.75. The van der Waals surface area contributed by atoms with Gasteiger partial charge in [0.2, 0.25) is 17.7 Å². The molecule has 7 nitrogen and oxygen atoms in total. The summed E-state index contributed by atoms with van der Waals surface area (Å²) in [5.74, 6) is -0.969. The van der Waals surface area contributed by atoms with Crippen LogP contribution in [0.5, 0.6) is 0 Å². The van der Waals surface area contributed by atoms with Crippen LogP contribution in [0.3, 0.4) is 0 Å². The number of urea groups is 1. The smallest absolute Gasteiger partial charge is 0.330 e. The number of rotatable bonds is 2. The summed E-state index contributed by atoms with van der Waals surface area (Å²) in [7, 11) is 0. The third-order valence-corrected chi connectivity index (χ3v) is 3.79. The first kappa shape index (κ1) is 11.2. The fourth-order valence-corrected chi connectivity index (χ4v) is 2.50. The van der Waals surface area contributed by atoms with Crippen molar-refractivity contribution >= 4 is 23.8 Å². The first-order chi connectivity index (χ1) is 8.53. The highest BCUT2D eigenvalue weighted by Crippen LogP contribution is 2.48. The molecule has 3 rings (SSSR count). The highest BCUT2D eigenvalue weighted by molar-refractivity contribution is 6.20. The number of hydrogen-bond acceptors (Lipinski definition) is 4. The molecule has 0 aromatic heterocycles. The monoisotopic (exact) mass is 251 g/mol. The maximum Gasteiger partial charge on any atom is 0.330 e. The maximum absolute atomic E-state index is 12.1. The number of nitrogens with one attached hydrogen (secondary N) is 2. The van der Waals surface area contributed by atoms with Crippen molar-refractivity contribution in [2.75, 3.05) is 6.54 Å². The Morgan fingerprint density at radius 1 is 1.22 bits per heavy atom. The zero-order chi connectivity index (χ0) is 12.9. The Hall–Kier alpha value is -1.92. The normalized spacial score (nSPS) is 29.6. The predicted molar refractivity (Wildman–Crippen MR) is 58.1 cm³/mol. The van der Waals surface area contributed by atoms with Crippen molar-refractivity contribution in [3.8, 4) is 0 Å². The minimum Gasteiger partial charge on any atom is -0.352 e. The predicted octanol–water partition coefficient (Wildman–Crippen LogP) is -0.876. The molecular weight excluding hydrogens is 238 g/mol. The summed E-state index contributed by atoms with van der Waals surface area (Å²) in [5, 5.41) is 4.92. The molecule has 5 amide bonds. The van der Waals surface area contributed by atoms with Crippen molar-refractivity contribution in [1.82, 2.24) is 15.5 Å². The Kier molecular flexibility index (Phi) is 2.20. The summed E-state index contributed by atoms with van der Waals surface area (Å²) in [6.07, 6.45) is 2.02. The topological polar surface area (TPSA) is 95.6 Å². The number of barbiturate groups is 1. The van der Waals surface area contributed by atoms with Crippen LogP contribution in [0.15, 0.2) is 0 Å². The molecule has 0 aromatic carbocycles. The molecule has 0 aromatic rings. The van der Waals surface area contributed by atoms with Gasteiger partial charge in [0.15, 0.2) is 0 Å². The van der Waals surface area contributed by atoms with Crippen LogP contribution < -0.4 is 10.6 Å². The van der Waals surface area contributed by atoms with E-state index in [1.807, 2.05) is 0 Å². The molecule has 0 radical (unpaired) electrons. The van der Waals surface area contributed by atoms with Gasteiger partial charge >= 0.3 is 6.03 Å². The van der Waals surface area contributed by atoms with Crippen molar-refractivity contribution < 1.29 is 19.2 Å². The van der Waals surface area contributed by atoms with Crippen molar-refractivity contribution in [2.45, 2.75) is 31.7 Å². The van der Waals surface area contributed by atoms with E-state index in [1.54, 1.807) is 0 Å². The van der Waals surface area contributed by atoms with Crippen molar-refractivity contribution in [1.29, 1.82) is 0 Å². The molecule has 3 aliphatic rings. The van der Waals surface area contributed by atoms with Gasteiger partial charge in [-0.1, -0.05) is 0 Å².